The first-order chi connectivity index (χ1) is 10.2. The standard InChI is InChI=1S/C16H23N3OS/c1-12-18-14(11-21-12)9-19(2)16(8-17)15-7-5-4-6-13(15)10-20-3/h4-7,11,16H,8-10,17H2,1-3H3. The zero-order chi connectivity index (χ0) is 15.2. The van der Waals surface area contributed by atoms with Crippen LogP contribution in [0.5, 0.6) is 0 Å². The van der Waals surface area contributed by atoms with Crippen LogP contribution in [0.15, 0.2) is 29.6 Å². The number of likely N-dealkylation sites (N-methyl/N-ethyl adjacent to an activating group) is 1. The van der Waals surface area contributed by atoms with Gasteiger partial charge in [-0.3, -0.25) is 4.90 Å². The van der Waals surface area contributed by atoms with Crippen LogP contribution in [-0.2, 0) is 17.9 Å². The predicted molar refractivity (Wildman–Crippen MR) is 87.3 cm³/mol. The molecule has 21 heavy (non-hydrogen) atoms. The maximum absolute atomic E-state index is 6.03. The normalized spacial score (nSPS) is 12.8. The van der Waals surface area contributed by atoms with Gasteiger partial charge >= 0.3 is 0 Å². The molecule has 1 heterocycles. The quantitative estimate of drug-likeness (QED) is 0.854. The molecule has 0 saturated heterocycles. The van der Waals surface area contributed by atoms with Crippen molar-refractivity contribution < 1.29 is 4.74 Å². The molecule has 0 aliphatic carbocycles. The molecule has 2 N–H and O–H groups in total. The number of nitrogens with two attached hydrogens (primary N) is 1. The van der Waals surface area contributed by atoms with Gasteiger partial charge < -0.3 is 10.5 Å². The molecule has 114 valence electrons. The van der Waals surface area contributed by atoms with Crippen LogP contribution in [0.25, 0.3) is 0 Å². The molecule has 1 aromatic heterocycles. The van der Waals surface area contributed by atoms with E-state index in [1.54, 1.807) is 18.4 Å². The number of nitrogens with zero attached hydrogens (tertiary/aromatic N) is 2. The molecule has 5 heteroatoms. The van der Waals surface area contributed by atoms with Crippen molar-refractivity contribution in [2.75, 3.05) is 20.7 Å². The lowest BCUT2D eigenvalue weighted by atomic mass is 9.99. The predicted octanol–water partition coefficient (Wildman–Crippen LogP) is 2.73. The Hall–Kier alpha value is -1.27. The summed E-state index contributed by atoms with van der Waals surface area (Å²) in [5.41, 5.74) is 9.55. The highest BCUT2D eigenvalue weighted by molar-refractivity contribution is 7.09. The average Bonchev–Trinajstić information content (AvgIpc) is 2.87. The molecule has 2 rings (SSSR count). The summed E-state index contributed by atoms with van der Waals surface area (Å²) in [6.07, 6.45) is 0. The topological polar surface area (TPSA) is 51.4 Å². The van der Waals surface area contributed by atoms with Crippen molar-refractivity contribution in [2.45, 2.75) is 26.1 Å². The number of rotatable bonds is 7. The fourth-order valence-corrected chi connectivity index (χ4v) is 3.14. The van der Waals surface area contributed by atoms with Crippen LogP contribution < -0.4 is 5.73 Å². The van der Waals surface area contributed by atoms with Crippen LogP contribution in [0.1, 0.15) is 27.9 Å². The first-order valence-corrected chi connectivity index (χ1v) is 7.91. The maximum atomic E-state index is 6.03. The Labute approximate surface area is 130 Å². The summed E-state index contributed by atoms with van der Waals surface area (Å²) in [5, 5.41) is 3.21. The van der Waals surface area contributed by atoms with Crippen molar-refractivity contribution >= 4 is 11.3 Å². The van der Waals surface area contributed by atoms with E-state index in [4.69, 9.17) is 10.5 Å². The highest BCUT2D eigenvalue weighted by Gasteiger charge is 2.19. The average molecular weight is 305 g/mol. The van der Waals surface area contributed by atoms with Crippen molar-refractivity contribution in [2.24, 2.45) is 5.73 Å². The molecule has 0 fully saturated rings. The van der Waals surface area contributed by atoms with E-state index in [-0.39, 0.29) is 6.04 Å². The van der Waals surface area contributed by atoms with E-state index in [9.17, 15) is 0 Å². The molecule has 0 spiro atoms. The van der Waals surface area contributed by atoms with Gasteiger partial charge in [-0.15, -0.1) is 11.3 Å². The van der Waals surface area contributed by atoms with Gasteiger partial charge in [-0.05, 0) is 25.1 Å². The Morgan fingerprint density at radius 3 is 2.76 bits per heavy atom. The molecule has 1 aromatic carbocycles. The molecule has 0 aliphatic rings. The van der Waals surface area contributed by atoms with E-state index >= 15 is 0 Å². The summed E-state index contributed by atoms with van der Waals surface area (Å²) >= 11 is 1.68. The zero-order valence-electron chi connectivity index (χ0n) is 12.9. The van der Waals surface area contributed by atoms with E-state index in [0.29, 0.717) is 13.2 Å². The highest BCUT2D eigenvalue weighted by Crippen LogP contribution is 2.24. The van der Waals surface area contributed by atoms with Crippen molar-refractivity contribution in [3.8, 4) is 0 Å². The number of hydrogen-bond acceptors (Lipinski definition) is 5. The molecule has 2 aromatic rings. The van der Waals surface area contributed by atoms with E-state index in [2.05, 4.69) is 40.5 Å². The van der Waals surface area contributed by atoms with Crippen molar-refractivity contribution in [3.63, 3.8) is 0 Å². The Kier molecular flexibility index (Phi) is 5.87. The Bertz CT molecular complexity index is 570. The van der Waals surface area contributed by atoms with Crippen molar-refractivity contribution in [1.82, 2.24) is 9.88 Å². The molecule has 1 unspecified atom stereocenters. The molecular formula is C16H23N3OS. The number of aryl methyl sites for hydroxylation is 1. The molecule has 0 bridgehead atoms. The monoisotopic (exact) mass is 305 g/mol. The van der Waals surface area contributed by atoms with Crippen LogP contribution in [-0.4, -0.2) is 30.6 Å². The minimum Gasteiger partial charge on any atom is -0.380 e. The Morgan fingerprint density at radius 2 is 2.14 bits per heavy atom. The Morgan fingerprint density at radius 1 is 1.38 bits per heavy atom. The van der Waals surface area contributed by atoms with Gasteiger partial charge in [0.1, 0.15) is 0 Å². The lowest BCUT2D eigenvalue weighted by molar-refractivity contribution is 0.179. The van der Waals surface area contributed by atoms with Crippen LogP contribution in [0.2, 0.25) is 0 Å². The van der Waals surface area contributed by atoms with Gasteiger partial charge in [0.15, 0.2) is 0 Å². The molecular weight excluding hydrogens is 282 g/mol. The minimum absolute atomic E-state index is 0.165. The first-order valence-electron chi connectivity index (χ1n) is 7.03. The fraction of sp³-hybridized carbons (Fsp3) is 0.438. The van der Waals surface area contributed by atoms with Gasteiger partial charge in [0.2, 0.25) is 0 Å². The number of ether oxygens (including phenoxy) is 1. The van der Waals surface area contributed by atoms with Gasteiger partial charge in [0, 0.05) is 31.6 Å². The molecule has 4 nitrogen and oxygen atoms in total. The van der Waals surface area contributed by atoms with Gasteiger partial charge in [-0.2, -0.15) is 0 Å². The largest absolute Gasteiger partial charge is 0.380 e. The zero-order valence-corrected chi connectivity index (χ0v) is 13.7. The van der Waals surface area contributed by atoms with Crippen LogP contribution in [0.3, 0.4) is 0 Å². The highest BCUT2D eigenvalue weighted by atomic mass is 32.1. The van der Waals surface area contributed by atoms with E-state index < -0.39 is 0 Å². The van der Waals surface area contributed by atoms with E-state index in [1.807, 2.05) is 13.0 Å². The third-order valence-electron chi connectivity index (χ3n) is 3.55. The molecule has 0 amide bonds. The third-order valence-corrected chi connectivity index (χ3v) is 4.37. The van der Waals surface area contributed by atoms with Crippen LogP contribution in [0.4, 0.5) is 0 Å². The molecule has 0 radical (unpaired) electrons. The summed E-state index contributed by atoms with van der Waals surface area (Å²) in [7, 11) is 3.81. The van der Waals surface area contributed by atoms with E-state index in [1.165, 1.54) is 11.1 Å². The molecule has 1 atom stereocenters. The summed E-state index contributed by atoms with van der Waals surface area (Å²) in [6, 6.07) is 8.49. The summed E-state index contributed by atoms with van der Waals surface area (Å²) in [5.74, 6) is 0. The Balaban J connectivity index is 2.18. The maximum Gasteiger partial charge on any atom is 0.0897 e. The lowest BCUT2D eigenvalue weighted by Gasteiger charge is -2.28. The van der Waals surface area contributed by atoms with Gasteiger partial charge in [0.05, 0.1) is 17.3 Å². The number of benzene rings is 1. The van der Waals surface area contributed by atoms with Crippen molar-refractivity contribution in [3.05, 3.63) is 51.5 Å². The number of methoxy groups -OCH3 is 1. The number of aromatic nitrogens is 1. The molecule has 0 saturated carbocycles. The number of hydrogen-bond donors (Lipinski definition) is 1. The van der Waals surface area contributed by atoms with Gasteiger partial charge in [-0.1, -0.05) is 24.3 Å². The van der Waals surface area contributed by atoms with E-state index in [0.717, 1.165) is 17.2 Å². The van der Waals surface area contributed by atoms with Gasteiger partial charge in [0.25, 0.3) is 0 Å². The summed E-state index contributed by atoms with van der Waals surface area (Å²) < 4.78 is 5.29. The second kappa shape index (κ2) is 7.66. The molecule has 0 aliphatic heterocycles. The third kappa shape index (κ3) is 4.11. The minimum atomic E-state index is 0.165. The van der Waals surface area contributed by atoms with Crippen LogP contribution in [0, 0.1) is 6.92 Å². The smallest absolute Gasteiger partial charge is 0.0897 e. The van der Waals surface area contributed by atoms with Crippen molar-refractivity contribution in [1.29, 1.82) is 0 Å². The lowest BCUT2D eigenvalue weighted by Crippen LogP contribution is -2.31. The van der Waals surface area contributed by atoms with Gasteiger partial charge in [-0.25, -0.2) is 4.98 Å². The second-order valence-corrected chi connectivity index (χ2v) is 6.22. The SMILES string of the molecule is COCc1ccccc1C(CN)N(C)Cc1csc(C)n1. The summed E-state index contributed by atoms with van der Waals surface area (Å²) in [6.45, 7) is 4.01. The summed E-state index contributed by atoms with van der Waals surface area (Å²) in [4.78, 5) is 6.78. The number of thiazole rings is 1. The van der Waals surface area contributed by atoms with Crippen LogP contribution >= 0.6 is 11.3 Å². The fourth-order valence-electron chi connectivity index (χ4n) is 2.54. The first kappa shape index (κ1) is 16.1. The second-order valence-electron chi connectivity index (χ2n) is 5.16.